The second kappa shape index (κ2) is 9.87. The summed E-state index contributed by atoms with van der Waals surface area (Å²) in [7, 11) is 0. The number of ether oxygens (including phenoxy) is 1. The van der Waals surface area contributed by atoms with E-state index in [1.165, 1.54) is 5.69 Å². The van der Waals surface area contributed by atoms with Crippen LogP contribution in [0.1, 0.15) is 20.3 Å². The second-order valence-electron chi connectivity index (χ2n) is 6.17. The van der Waals surface area contributed by atoms with Crippen LogP contribution in [0, 0.1) is 5.92 Å². The molecule has 1 heterocycles. The Morgan fingerprint density at radius 2 is 1.78 bits per heavy atom. The fraction of sp³-hybridized carbons (Fsp3) is 0.588. The third-order valence-electron chi connectivity index (χ3n) is 3.80. The SMILES string of the molecule is CC(C)COc1ccc(N2CCN(CCC(=O)O)CC2)cc1.[LiH]. The van der Waals surface area contributed by atoms with E-state index >= 15 is 0 Å². The molecule has 0 bridgehead atoms. The summed E-state index contributed by atoms with van der Waals surface area (Å²) in [6.07, 6.45) is 0.224. The monoisotopic (exact) mass is 314 g/mol. The van der Waals surface area contributed by atoms with E-state index in [2.05, 4.69) is 35.8 Å². The van der Waals surface area contributed by atoms with Gasteiger partial charge in [0.05, 0.1) is 13.0 Å². The number of benzene rings is 1. The topological polar surface area (TPSA) is 53.0 Å². The van der Waals surface area contributed by atoms with Crippen molar-refractivity contribution in [1.29, 1.82) is 0 Å². The van der Waals surface area contributed by atoms with Crippen molar-refractivity contribution in [2.24, 2.45) is 5.92 Å². The summed E-state index contributed by atoms with van der Waals surface area (Å²) in [5, 5.41) is 8.73. The Hall–Kier alpha value is -1.15. The van der Waals surface area contributed by atoms with Crippen LogP contribution in [0.2, 0.25) is 0 Å². The average molecular weight is 314 g/mol. The summed E-state index contributed by atoms with van der Waals surface area (Å²) >= 11 is 0. The number of aliphatic carboxylic acids is 1. The minimum atomic E-state index is -0.723. The zero-order valence-electron chi connectivity index (χ0n) is 13.5. The molecule has 0 atom stereocenters. The molecule has 5 nitrogen and oxygen atoms in total. The van der Waals surface area contributed by atoms with Crippen LogP contribution < -0.4 is 9.64 Å². The van der Waals surface area contributed by atoms with Gasteiger partial charge in [0.2, 0.25) is 0 Å². The van der Waals surface area contributed by atoms with Gasteiger partial charge in [-0.2, -0.15) is 0 Å². The molecule has 1 aliphatic rings. The van der Waals surface area contributed by atoms with Crippen LogP contribution >= 0.6 is 0 Å². The molecule has 23 heavy (non-hydrogen) atoms. The maximum absolute atomic E-state index is 10.6. The maximum atomic E-state index is 10.6. The summed E-state index contributed by atoms with van der Waals surface area (Å²) in [5.74, 6) is 0.718. The summed E-state index contributed by atoms with van der Waals surface area (Å²) in [4.78, 5) is 15.2. The summed E-state index contributed by atoms with van der Waals surface area (Å²) in [6.45, 7) is 9.36. The average Bonchev–Trinajstić information content (AvgIpc) is 2.52. The summed E-state index contributed by atoms with van der Waals surface area (Å²) in [5.41, 5.74) is 1.20. The fourth-order valence-corrected chi connectivity index (χ4v) is 2.50. The number of hydrogen-bond acceptors (Lipinski definition) is 4. The molecule has 0 saturated carbocycles. The van der Waals surface area contributed by atoms with Crippen molar-refractivity contribution in [2.45, 2.75) is 20.3 Å². The van der Waals surface area contributed by atoms with Crippen LogP contribution in [0.25, 0.3) is 0 Å². The van der Waals surface area contributed by atoms with Crippen molar-refractivity contribution in [1.82, 2.24) is 4.90 Å². The van der Waals surface area contributed by atoms with E-state index in [1.54, 1.807) is 0 Å². The first-order valence-corrected chi connectivity index (χ1v) is 7.96. The fourth-order valence-electron chi connectivity index (χ4n) is 2.50. The van der Waals surface area contributed by atoms with E-state index in [-0.39, 0.29) is 25.3 Å². The molecule has 1 aromatic carbocycles. The number of piperazine rings is 1. The van der Waals surface area contributed by atoms with Crippen LogP contribution in [-0.2, 0) is 4.79 Å². The van der Waals surface area contributed by atoms with Crippen LogP contribution in [0.4, 0.5) is 5.69 Å². The molecule has 0 unspecified atom stereocenters. The van der Waals surface area contributed by atoms with Gasteiger partial charge in [-0.05, 0) is 30.2 Å². The van der Waals surface area contributed by atoms with Crippen molar-refractivity contribution in [3.05, 3.63) is 24.3 Å². The minimum absolute atomic E-state index is 0. The zero-order chi connectivity index (χ0) is 15.9. The Balaban J connectivity index is 0.00000264. The first kappa shape index (κ1) is 19.9. The molecule has 2 rings (SSSR count). The van der Waals surface area contributed by atoms with E-state index in [0.717, 1.165) is 38.5 Å². The number of anilines is 1. The van der Waals surface area contributed by atoms with E-state index in [1.807, 2.05) is 12.1 Å². The molecule has 124 valence electrons. The number of carboxylic acids is 1. The molecule has 1 fully saturated rings. The Morgan fingerprint density at radius 1 is 1.17 bits per heavy atom. The first-order chi connectivity index (χ1) is 10.5. The van der Waals surface area contributed by atoms with E-state index in [9.17, 15) is 4.79 Å². The third kappa shape index (κ3) is 6.86. The summed E-state index contributed by atoms with van der Waals surface area (Å²) in [6, 6.07) is 8.24. The Labute approximate surface area is 150 Å². The molecule has 0 amide bonds. The second-order valence-corrected chi connectivity index (χ2v) is 6.17. The van der Waals surface area contributed by atoms with Gasteiger partial charge in [0.15, 0.2) is 0 Å². The van der Waals surface area contributed by atoms with Gasteiger partial charge in [-0.15, -0.1) is 0 Å². The Bertz CT molecular complexity index is 471. The molecule has 1 N–H and O–H groups in total. The van der Waals surface area contributed by atoms with Gasteiger partial charge in [-0.1, -0.05) is 13.8 Å². The third-order valence-corrected chi connectivity index (χ3v) is 3.80. The van der Waals surface area contributed by atoms with Crippen LogP contribution in [0.5, 0.6) is 5.75 Å². The predicted octanol–water partition coefficient (Wildman–Crippen LogP) is 1.67. The van der Waals surface area contributed by atoms with E-state index < -0.39 is 5.97 Å². The number of nitrogens with zero attached hydrogens (tertiary/aromatic N) is 2. The first-order valence-electron chi connectivity index (χ1n) is 7.96. The Kier molecular flexibility index (Phi) is 8.54. The van der Waals surface area contributed by atoms with Crippen LogP contribution in [0.3, 0.4) is 0 Å². The molecule has 1 aliphatic heterocycles. The van der Waals surface area contributed by atoms with Gasteiger partial charge in [0, 0.05) is 38.4 Å². The van der Waals surface area contributed by atoms with E-state index in [4.69, 9.17) is 9.84 Å². The standard InChI is InChI=1S/C17H26N2O3.Li.H/c1-14(2)13-22-16-5-3-15(4-6-16)19-11-9-18(10-12-19)8-7-17(20)21;;/h3-6,14H,7-13H2,1-2H3,(H,20,21);;. The predicted molar refractivity (Wildman–Crippen MR) is 94.8 cm³/mol. The quantitative estimate of drug-likeness (QED) is 0.776. The van der Waals surface area contributed by atoms with E-state index in [0.29, 0.717) is 12.5 Å². The van der Waals surface area contributed by atoms with Gasteiger partial charge in [0.25, 0.3) is 0 Å². The molecule has 0 radical (unpaired) electrons. The summed E-state index contributed by atoms with van der Waals surface area (Å²) < 4.78 is 5.70. The number of carboxylic acid groups (broad SMARTS) is 1. The molecular weight excluding hydrogens is 287 g/mol. The molecular formula is C17H27LiN2O3. The van der Waals surface area contributed by atoms with Crippen molar-refractivity contribution in [2.75, 3.05) is 44.2 Å². The van der Waals surface area contributed by atoms with Crippen molar-refractivity contribution in [3.8, 4) is 5.75 Å². The number of hydrogen-bond donors (Lipinski definition) is 1. The van der Waals surface area contributed by atoms with Crippen LogP contribution in [-0.4, -0.2) is 74.2 Å². The molecule has 1 aromatic rings. The van der Waals surface area contributed by atoms with Crippen molar-refractivity contribution >= 4 is 30.5 Å². The van der Waals surface area contributed by atoms with Gasteiger partial charge in [0.1, 0.15) is 5.75 Å². The van der Waals surface area contributed by atoms with Gasteiger partial charge in [-0.3, -0.25) is 9.69 Å². The molecule has 0 aliphatic carbocycles. The van der Waals surface area contributed by atoms with Crippen molar-refractivity contribution < 1.29 is 14.6 Å². The molecule has 6 heteroatoms. The number of rotatable bonds is 7. The normalized spacial score (nSPS) is 15.3. The molecule has 0 aromatic heterocycles. The Morgan fingerprint density at radius 3 is 2.30 bits per heavy atom. The molecule has 1 saturated heterocycles. The van der Waals surface area contributed by atoms with Gasteiger partial charge in [-0.25, -0.2) is 0 Å². The molecule has 0 spiro atoms. The van der Waals surface area contributed by atoms with Gasteiger partial charge >= 0.3 is 24.8 Å². The number of carbonyl (C=O) groups is 1. The zero-order valence-corrected chi connectivity index (χ0v) is 13.5. The van der Waals surface area contributed by atoms with Crippen LogP contribution in [0.15, 0.2) is 24.3 Å². The van der Waals surface area contributed by atoms with Gasteiger partial charge < -0.3 is 14.7 Å². The van der Waals surface area contributed by atoms with Crippen molar-refractivity contribution in [3.63, 3.8) is 0 Å².